The van der Waals surface area contributed by atoms with E-state index in [-0.39, 0.29) is 17.2 Å². The van der Waals surface area contributed by atoms with Crippen LogP contribution in [0.1, 0.15) is 36.0 Å². The Balaban J connectivity index is 1.78. The fraction of sp³-hybridized carbons (Fsp3) is 0.391. The molecule has 7 nitrogen and oxygen atoms in total. The molecule has 1 atom stereocenters. The molecule has 4 rings (SSSR count). The van der Waals surface area contributed by atoms with Crippen molar-refractivity contribution in [3.63, 3.8) is 0 Å². The van der Waals surface area contributed by atoms with Gasteiger partial charge in [0.15, 0.2) is 0 Å². The maximum atomic E-state index is 13.9. The number of sulfonamides is 1. The molecular formula is C23H27N3O4S. The molecule has 31 heavy (non-hydrogen) atoms. The van der Waals surface area contributed by atoms with Crippen LogP contribution in [0.2, 0.25) is 0 Å². The number of rotatable bonds is 6. The molecule has 1 saturated carbocycles. The van der Waals surface area contributed by atoms with Crippen LogP contribution in [0.25, 0.3) is 0 Å². The van der Waals surface area contributed by atoms with Crippen LogP contribution in [-0.2, 0) is 19.6 Å². The van der Waals surface area contributed by atoms with E-state index >= 15 is 0 Å². The van der Waals surface area contributed by atoms with Crippen LogP contribution >= 0.6 is 0 Å². The SMILES string of the molecule is Cc1cc(C)c(S(=O)(=O)N2c3ccccc3NC(=O)C2CC(=O)NCC2CC2)c(C)c1. The van der Waals surface area contributed by atoms with Gasteiger partial charge in [-0.05, 0) is 62.8 Å². The van der Waals surface area contributed by atoms with E-state index in [1.807, 2.05) is 19.1 Å². The number of nitrogens with one attached hydrogen (secondary N) is 2. The molecule has 1 heterocycles. The summed E-state index contributed by atoms with van der Waals surface area (Å²) in [6.07, 6.45) is 1.93. The van der Waals surface area contributed by atoms with Crippen LogP contribution in [0, 0.1) is 26.7 Å². The zero-order valence-electron chi connectivity index (χ0n) is 17.9. The molecule has 8 heteroatoms. The first-order valence-corrected chi connectivity index (χ1v) is 11.9. The Morgan fingerprint density at radius 1 is 1.13 bits per heavy atom. The molecule has 2 aromatic rings. The van der Waals surface area contributed by atoms with E-state index < -0.39 is 22.0 Å². The second kappa shape index (κ2) is 8.00. The molecule has 164 valence electrons. The van der Waals surface area contributed by atoms with E-state index in [4.69, 9.17) is 0 Å². The lowest BCUT2D eigenvalue weighted by Crippen LogP contribution is -2.53. The molecule has 2 aromatic carbocycles. The Hall–Kier alpha value is -2.87. The Kier molecular flexibility index (Phi) is 5.51. The van der Waals surface area contributed by atoms with Crippen LogP contribution in [0.3, 0.4) is 0 Å². The third-order valence-electron chi connectivity index (χ3n) is 5.77. The van der Waals surface area contributed by atoms with Crippen molar-refractivity contribution in [2.24, 2.45) is 5.92 Å². The molecule has 0 spiro atoms. The van der Waals surface area contributed by atoms with Crippen LogP contribution in [0.4, 0.5) is 11.4 Å². The second-order valence-corrected chi connectivity index (χ2v) is 10.3. The number of aryl methyl sites for hydroxylation is 3. The summed E-state index contributed by atoms with van der Waals surface area (Å²) in [5.74, 6) is -0.349. The average Bonchev–Trinajstić information content (AvgIpc) is 3.50. The van der Waals surface area contributed by atoms with Gasteiger partial charge in [-0.25, -0.2) is 8.42 Å². The van der Waals surface area contributed by atoms with Gasteiger partial charge in [-0.15, -0.1) is 0 Å². The lowest BCUT2D eigenvalue weighted by Gasteiger charge is -2.37. The van der Waals surface area contributed by atoms with E-state index in [0.717, 1.165) is 22.7 Å². The first-order chi connectivity index (χ1) is 14.7. The summed E-state index contributed by atoms with van der Waals surface area (Å²) in [6, 6.07) is 9.22. The zero-order valence-corrected chi connectivity index (χ0v) is 18.8. The number of carbonyl (C=O) groups is 2. The number of amides is 2. The minimum atomic E-state index is -4.11. The fourth-order valence-electron chi connectivity index (χ4n) is 4.23. The van der Waals surface area contributed by atoms with Gasteiger partial charge in [0.25, 0.3) is 10.0 Å². The van der Waals surface area contributed by atoms with Gasteiger partial charge < -0.3 is 10.6 Å². The number of nitrogens with zero attached hydrogens (tertiary/aromatic N) is 1. The van der Waals surface area contributed by atoms with E-state index in [9.17, 15) is 18.0 Å². The molecule has 2 N–H and O–H groups in total. The summed E-state index contributed by atoms with van der Waals surface area (Å²) in [5.41, 5.74) is 2.95. The quantitative estimate of drug-likeness (QED) is 0.720. The largest absolute Gasteiger partial charge is 0.356 e. The minimum absolute atomic E-state index is 0.172. The predicted octanol–water partition coefficient (Wildman–Crippen LogP) is 3.04. The van der Waals surface area contributed by atoms with Crippen LogP contribution in [0.5, 0.6) is 0 Å². The third kappa shape index (κ3) is 4.17. The number of carbonyl (C=O) groups excluding carboxylic acids is 2. The maximum Gasteiger partial charge on any atom is 0.265 e. The highest BCUT2D eigenvalue weighted by Gasteiger charge is 2.43. The van der Waals surface area contributed by atoms with Crippen molar-refractivity contribution in [2.75, 3.05) is 16.2 Å². The number of benzene rings is 2. The molecular weight excluding hydrogens is 414 g/mol. The summed E-state index contributed by atoms with van der Waals surface area (Å²) in [6.45, 7) is 5.97. The first kappa shape index (κ1) is 21.4. The smallest absolute Gasteiger partial charge is 0.265 e. The Morgan fingerprint density at radius 3 is 2.42 bits per heavy atom. The van der Waals surface area contributed by atoms with E-state index in [1.54, 1.807) is 38.1 Å². The highest BCUT2D eigenvalue weighted by atomic mass is 32.2. The molecule has 2 amide bonds. The number of fused-ring (bicyclic) bond motifs is 1. The lowest BCUT2D eigenvalue weighted by molar-refractivity contribution is -0.125. The summed E-state index contributed by atoms with van der Waals surface area (Å²) in [7, 11) is -4.11. The fourth-order valence-corrected chi connectivity index (χ4v) is 6.29. The van der Waals surface area contributed by atoms with Gasteiger partial charge in [-0.1, -0.05) is 29.8 Å². The molecule has 0 saturated heterocycles. The van der Waals surface area contributed by atoms with Crippen molar-refractivity contribution in [1.29, 1.82) is 0 Å². The van der Waals surface area contributed by atoms with Crippen molar-refractivity contribution < 1.29 is 18.0 Å². The van der Waals surface area contributed by atoms with Crippen LogP contribution in [0.15, 0.2) is 41.3 Å². The number of anilines is 2. The number of hydrogen-bond donors (Lipinski definition) is 2. The number of hydrogen-bond acceptors (Lipinski definition) is 4. The summed E-state index contributed by atoms with van der Waals surface area (Å²) in [4.78, 5) is 25.7. The summed E-state index contributed by atoms with van der Waals surface area (Å²) in [5, 5.41) is 5.60. The van der Waals surface area contributed by atoms with Crippen molar-refractivity contribution >= 4 is 33.2 Å². The van der Waals surface area contributed by atoms with Crippen molar-refractivity contribution in [3.05, 3.63) is 53.1 Å². The van der Waals surface area contributed by atoms with Crippen LogP contribution in [-0.4, -0.2) is 32.8 Å². The molecule has 1 aliphatic carbocycles. The van der Waals surface area contributed by atoms with Gasteiger partial charge in [0.2, 0.25) is 11.8 Å². The molecule has 1 aliphatic heterocycles. The van der Waals surface area contributed by atoms with Gasteiger partial charge in [0.05, 0.1) is 22.7 Å². The third-order valence-corrected chi connectivity index (χ3v) is 7.90. The molecule has 1 unspecified atom stereocenters. The highest BCUT2D eigenvalue weighted by molar-refractivity contribution is 7.93. The lowest BCUT2D eigenvalue weighted by atomic mass is 10.1. The topological polar surface area (TPSA) is 95.6 Å². The maximum absolute atomic E-state index is 13.9. The molecule has 2 aliphatic rings. The molecule has 1 fully saturated rings. The predicted molar refractivity (Wildman–Crippen MR) is 120 cm³/mol. The van der Waals surface area contributed by atoms with Gasteiger partial charge in [0, 0.05) is 6.54 Å². The second-order valence-electron chi connectivity index (χ2n) is 8.50. The zero-order chi connectivity index (χ0) is 22.3. The Labute approximate surface area is 182 Å². The van der Waals surface area contributed by atoms with Crippen LogP contribution < -0.4 is 14.9 Å². The molecule has 0 aromatic heterocycles. The van der Waals surface area contributed by atoms with E-state index in [2.05, 4.69) is 10.6 Å². The van der Waals surface area contributed by atoms with Gasteiger partial charge in [-0.2, -0.15) is 0 Å². The van der Waals surface area contributed by atoms with Gasteiger partial charge >= 0.3 is 0 Å². The van der Waals surface area contributed by atoms with Crippen molar-refractivity contribution in [2.45, 2.75) is 51.0 Å². The minimum Gasteiger partial charge on any atom is -0.356 e. The average molecular weight is 442 g/mol. The van der Waals surface area contributed by atoms with Crippen molar-refractivity contribution in [1.82, 2.24) is 5.32 Å². The van der Waals surface area contributed by atoms with Gasteiger partial charge in [0.1, 0.15) is 6.04 Å². The number of para-hydroxylation sites is 2. The molecule has 0 radical (unpaired) electrons. The molecule has 0 bridgehead atoms. The normalized spacial score (nSPS) is 18.4. The van der Waals surface area contributed by atoms with E-state index in [1.165, 1.54) is 0 Å². The standard InChI is InChI=1S/C23H27N3O4S/c1-14-10-15(2)22(16(3)11-14)31(29,30)26-19-7-5-4-6-18(19)25-23(28)20(26)12-21(27)24-13-17-8-9-17/h4-7,10-11,17,20H,8-9,12-13H2,1-3H3,(H,24,27)(H,25,28). The highest BCUT2D eigenvalue weighted by Crippen LogP contribution is 2.38. The summed E-state index contributed by atoms with van der Waals surface area (Å²) >= 11 is 0. The van der Waals surface area contributed by atoms with E-state index in [0.29, 0.717) is 35.0 Å². The Morgan fingerprint density at radius 2 is 1.77 bits per heavy atom. The van der Waals surface area contributed by atoms with Crippen molar-refractivity contribution in [3.8, 4) is 0 Å². The van der Waals surface area contributed by atoms with Gasteiger partial charge in [-0.3, -0.25) is 13.9 Å². The summed E-state index contributed by atoms with van der Waals surface area (Å²) < 4.78 is 29.0. The monoisotopic (exact) mass is 441 g/mol. The Bertz CT molecular complexity index is 1130. The first-order valence-electron chi connectivity index (χ1n) is 10.5.